The van der Waals surface area contributed by atoms with Crippen molar-refractivity contribution in [3.8, 4) is 6.07 Å². The smallest absolute Gasteiger partial charge is 0.239 e. The van der Waals surface area contributed by atoms with Gasteiger partial charge in [0.15, 0.2) is 0 Å². The van der Waals surface area contributed by atoms with Crippen LogP contribution in [0.5, 0.6) is 0 Å². The number of likely N-dealkylation sites (N-methyl/N-ethyl adjacent to an activating group) is 1. The fraction of sp³-hybridized carbons (Fsp3) is 0.278. The summed E-state index contributed by atoms with van der Waals surface area (Å²) in [6, 6.07) is 11.5. The minimum atomic E-state index is -0.271. The van der Waals surface area contributed by atoms with Gasteiger partial charge in [-0.1, -0.05) is 12.1 Å². The van der Waals surface area contributed by atoms with Gasteiger partial charge in [0.2, 0.25) is 5.91 Å². The Morgan fingerprint density at radius 1 is 1.33 bits per heavy atom. The van der Waals surface area contributed by atoms with Gasteiger partial charge in [-0.25, -0.2) is 9.37 Å². The number of nitrogens with zero attached hydrogens (tertiary/aromatic N) is 3. The molecule has 0 aliphatic heterocycles. The van der Waals surface area contributed by atoms with E-state index in [1.165, 1.54) is 18.3 Å². The van der Waals surface area contributed by atoms with Crippen molar-refractivity contribution in [2.24, 2.45) is 0 Å². The summed E-state index contributed by atoms with van der Waals surface area (Å²) in [6.07, 6.45) is 2.10. The van der Waals surface area contributed by atoms with E-state index in [1.54, 1.807) is 36.2 Å². The predicted octanol–water partition coefficient (Wildman–Crippen LogP) is 2.28. The van der Waals surface area contributed by atoms with Crippen LogP contribution in [-0.4, -0.2) is 30.5 Å². The number of pyridine rings is 1. The molecule has 2 aromatic rings. The average molecular weight is 326 g/mol. The molecule has 124 valence electrons. The number of halogens is 1. The first-order chi connectivity index (χ1) is 11.5. The molecular formula is C18H19FN4O. The van der Waals surface area contributed by atoms with Gasteiger partial charge in [0, 0.05) is 19.3 Å². The lowest BCUT2D eigenvalue weighted by Gasteiger charge is -2.20. The minimum absolute atomic E-state index is 0.0646. The Labute approximate surface area is 140 Å². The van der Waals surface area contributed by atoms with E-state index in [9.17, 15) is 9.18 Å². The van der Waals surface area contributed by atoms with Crippen molar-refractivity contribution in [1.29, 1.82) is 5.26 Å². The standard InChI is InChI=1S/C18H19FN4O/c1-13(9-14-3-6-16(19)7-4-14)22-18(24)12-23(2)17-8-5-15(10-20)11-21-17/h3-8,11,13H,9,12H2,1-2H3,(H,22,24). The highest BCUT2D eigenvalue weighted by Crippen LogP contribution is 2.09. The third-order valence-corrected chi connectivity index (χ3v) is 3.51. The van der Waals surface area contributed by atoms with Crippen LogP contribution in [0.3, 0.4) is 0 Å². The molecule has 0 saturated heterocycles. The normalized spacial score (nSPS) is 11.4. The van der Waals surface area contributed by atoms with Crippen LogP contribution in [0.2, 0.25) is 0 Å². The molecule has 0 radical (unpaired) electrons. The molecule has 6 heteroatoms. The molecule has 0 aliphatic carbocycles. The quantitative estimate of drug-likeness (QED) is 0.884. The van der Waals surface area contributed by atoms with Crippen LogP contribution < -0.4 is 10.2 Å². The fourth-order valence-electron chi connectivity index (χ4n) is 2.32. The zero-order chi connectivity index (χ0) is 17.5. The second-order valence-corrected chi connectivity index (χ2v) is 5.67. The van der Waals surface area contributed by atoms with Crippen molar-refractivity contribution in [2.75, 3.05) is 18.5 Å². The van der Waals surface area contributed by atoms with Crippen LogP contribution in [0.4, 0.5) is 10.2 Å². The van der Waals surface area contributed by atoms with Crippen molar-refractivity contribution in [2.45, 2.75) is 19.4 Å². The van der Waals surface area contributed by atoms with E-state index in [0.29, 0.717) is 17.8 Å². The number of anilines is 1. The summed E-state index contributed by atoms with van der Waals surface area (Å²) < 4.78 is 12.9. The molecule has 5 nitrogen and oxygen atoms in total. The van der Waals surface area contributed by atoms with Crippen molar-refractivity contribution >= 4 is 11.7 Å². The highest BCUT2D eigenvalue weighted by atomic mass is 19.1. The molecule has 1 N–H and O–H groups in total. The zero-order valence-corrected chi connectivity index (χ0v) is 13.7. The summed E-state index contributed by atoms with van der Waals surface area (Å²) >= 11 is 0. The fourth-order valence-corrected chi connectivity index (χ4v) is 2.32. The summed E-state index contributed by atoms with van der Waals surface area (Å²) in [5.41, 5.74) is 1.44. The summed E-state index contributed by atoms with van der Waals surface area (Å²) in [7, 11) is 1.76. The van der Waals surface area contributed by atoms with E-state index in [4.69, 9.17) is 5.26 Å². The Hall–Kier alpha value is -2.94. The molecule has 0 bridgehead atoms. The Balaban J connectivity index is 1.85. The first kappa shape index (κ1) is 17.4. The Morgan fingerprint density at radius 3 is 2.62 bits per heavy atom. The molecule has 1 amide bonds. The number of nitrogens with one attached hydrogen (secondary N) is 1. The molecular weight excluding hydrogens is 307 g/mol. The van der Waals surface area contributed by atoms with Crippen LogP contribution in [0.25, 0.3) is 0 Å². The minimum Gasteiger partial charge on any atom is -0.352 e. The number of carbonyl (C=O) groups is 1. The Morgan fingerprint density at radius 2 is 2.04 bits per heavy atom. The van der Waals surface area contributed by atoms with Crippen molar-refractivity contribution < 1.29 is 9.18 Å². The van der Waals surface area contributed by atoms with E-state index in [1.807, 2.05) is 13.0 Å². The number of nitriles is 1. The number of hydrogen-bond donors (Lipinski definition) is 1. The van der Waals surface area contributed by atoms with E-state index < -0.39 is 0 Å². The van der Waals surface area contributed by atoms with Gasteiger partial charge >= 0.3 is 0 Å². The maximum Gasteiger partial charge on any atom is 0.239 e. The van der Waals surface area contributed by atoms with Crippen LogP contribution in [0.1, 0.15) is 18.1 Å². The van der Waals surface area contributed by atoms with E-state index in [0.717, 1.165) is 5.56 Å². The number of hydrogen-bond acceptors (Lipinski definition) is 4. The maximum absolute atomic E-state index is 12.9. The lowest BCUT2D eigenvalue weighted by atomic mass is 10.1. The summed E-state index contributed by atoms with van der Waals surface area (Å²) in [4.78, 5) is 18.0. The van der Waals surface area contributed by atoms with Crippen LogP contribution >= 0.6 is 0 Å². The van der Waals surface area contributed by atoms with Crippen molar-refractivity contribution in [3.05, 3.63) is 59.5 Å². The highest BCUT2D eigenvalue weighted by Gasteiger charge is 2.12. The molecule has 0 spiro atoms. The zero-order valence-electron chi connectivity index (χ0n) is 13.7. The topological polar surface area (TPSA) is 69.0 Å². The molecule has 0 fully saturated rings. The van der Waals surface area contributed by atoms with E-state index >= 15 is 0 Å². The molecule has 1 aromatic carbocycles. The van der Waals surface area contributed by atoms with Crippen molar-refractivity contribution in [3.63, 3.8) is 0 Å². The van der Waals surface area contributed by atoms with Crippen LogP contribution in [0.15, 0.2) is 42.6 Å². The molecule has 1 heterocycles. The summed E-state index contributed by atoms with van der Waals surface area (Å²) in [6.45, 7) is 2.06. The number of rotatable bonds is 6. The maximum atomic E-state index is 12.9. The highest BCUT2D eigenvalue weighted by molar-refractivity contribution is 5.81. The Bertz CT molecular complexity index is 722. The third-order valence-electron chi connectivity index (χ3n) is 3.51. The molecule has 1 atom stereocenters. The van der Waals surface area contributed by atoms with Crippen LogP contribution in [-0.2, 0) is 11.2 Å². The number of aromatic nitrogens is 1. The van der Waals surface area contributed by atoms with Gasteiger partial charge < -0.3 is 10.2 Å². The lowest BCUT2D eigenvalue weighted by Crippen LogP contribution is -2.40. The van der Waals surface area contributed by atoms with E-state index in [2.05, 4.69) is 10.3 Å². The second-order valence-electron chi connectivity index (χ2n) is 5.67. The van der Waals surface area contributed by atoms with Gasteiger partial charge in [-0.2, -0.15) is 5.26 Å². The molecule has 0 saturated carbocycles. The van der Waals surface area contributed by atoms with Gasteiger partial charge in [0.05, 0.1) is 12.1 Å². The third kappa shape index (κ3) is 5.06. The first-order valence-corrected chi connectivity index (χ1v) is 7.59. The summed E-state index contributed by atoms with van der Waals surface area (Å²) in [5, 5.41) is 11.7. The summed E-state index contributed by atoms with van der Waals surface area (Å²) in [5.74, 6) is 0.223. The number of carbonyl (C=O) groups excluding carboxylic acids is 1. The first-order valence-electron chi connectivity index (χ1n) is 7.59. The van der Waals surface area contributed by atoms with Crippen molar-refractivity contribution in [1.82, 2.24) is 10.3 Å². The average Bonchev–Trinajstić information content (AvgIpc) is 2.56. The van der Waals surface area contributed by atoms with Crippen LogP contribution in [0, 0.1) is 17.1 Å². The largest absolute Gasteiger partial charge is 0.352 e. The number of benzene rings is 1. The molecule has 24 heavy (non-hydrogen) atoms. The molecule has 0 aliphatic rings. The SMILES string of the molecule is CC(Cc1ccc(F)cc1)NC(=O)CN(C)c1ccc(C#N)cn1. The monoisotopic (exact) mass is 326 g/mol. The van der Waals surface area contributed by atoms with Gasteiger partial charge in [-0.15, -0.1) is 0 Å². The second kappa shape index (κ2) is 8.06. The van der Waals surface area contributed by atoms with Gasteiger partial charge in [0.25, 0.3) is 0 Å². The number of amides is 1. The molecule has 1 unspecified atom stereocenters. The predicted molar refractivity (Wildman–Crippen MR) is 89.9 cm³/mol. The molecule has 1 aromatic heterocycles. The van der Waals surface area contributed by atoms with Gasteiger partial charge in [-0.3, -0.25) is 4.79 Å². The van der Waals surface area contributed by atoms with Gasteiger partial charge in [-0.05, 0) is 43.2 Å². The van der Waals surface area contributed by atoms with E-state index in [-0.39, 0.29) is 24.3 Å². The lowest BCUT2D eigenvalue weighted by molar-refractivity contribution is -0.120. The van der Waals surface area contributed by atoms with Gasteiger partial charge in [0.1, 0.15) is 17.7 Å². The molecule has 2 rings (SSSR count). The Kier molecular flexibility index (Phi) is 5.85.